The number of amides is 1. The van der Waals surface area contributed by atoms with Crippen LogP contribution in [0.4, 0.5) is 0 Å². The van der Waals surface area contributed by atoms with Gasteiger partial charge in [-0.3, -0.25) is 4.79 Å². The number of nitrogens with one attached hydrogen (secondary N) is 1. The minimum absolute atomic E-state index is 0.0662. The molecule has 1 spiro atoms. The van der Waals surface area contributed by atoms with Crippen molar-refractivity contribution in [1.29, 1.82) is 0 Å². The zero-order chi connectivity index (χ0) is 22.2. The van der Waals surface area contributed by atoms with Crippen molar-refractivity contribution in [2.75, 3.05) is 18.8 Å². The molecule has 0 radical (unpaired) electrons. The lowest BCUT2D eigenvalue weighted by atomic mass is 9.71. The Morgan fingerprint density at radius 1 is 1.19 bits per heavy atom. The first-order chi connectivity index (χ1) is 14.8. The van der Waals surface area contributed by atoms with Crippen molar-refractivity contribution in [3.05, 3.63) is 69.7 Å². The predicted octanol–water partition coefficient (Wildman–Crippen LogP) is 4.08. The van der Waals surface area contributed by atoms with Crippen LogP contribution in [-0.4, -0.2) is 43.5 Å². The largest absolute Gasteiger partial charge is 0.348 e. The van der Waals surface area contributed by atoms with Gasteiger partial charge in [0.1, 0.15) is 0 Å². The molecule has 1 aliphatic carbocycles. The van der Waals surface area contributed by atoms with Crippen LogP contribution in [0.25, 0.3) is 0 Å². The smallest absolute Gasteiger partial charge is 0.251 e. The Labute approximate surface area is 189 Å². The van der Waals surface area contributed by atoms with Crippen molar-refractivity contribution in [3.63, 3.8) is 0 Å². The number of piperidine rings is 1. The van der Waals surface area contributed by atoms with Gasteiger partial charge >= 0.3 is 0 Å². The number of rotatable bonds is 5. The van der Waals surface area contributed by atoms with E-state index in [0.29, 0.717) is 42.9 Å². The quantitative estimate of drug-likeness (QED) is 0.731. The van der Waals surface area contributed by atoms with Crippen molar-refractivity contribution < 1.29 is 13.2 Å². The number of carbonyl (C=O) groups excluding carboxylic acids is 1. The molecule has 1 aliphatic heterocycles. The summed E-state index contributed by atoms with van der Waals surface area (Å²) in [6.07, 6.45) is 2.79. The van der Waals surface area contributed by atoms with Crippen molar-refractivity contribution in [2.24, 2.45) is 0 Å². The molecule has 1 saturated heterocycles. The van der Waals surface area contributed by atoms with Gasteiger partial charge in [-0.1, -0.05) is 42.8 Å². The Hall–Kier alpha value is -1.89. The van der Waals surface area contributed by atoms with Crippen LogP contribution < -0.4 is 5.32 Å². The zero-order valence-corrected chi connectivity index (χ0v) is 19.6. The first-order valence-corrected chi connectivity index (χ1v) is 12.9. The summed E-state index contributed by atoms with van der Waals surface area (Å²) in [5.74, 6) is 0.0828. The van der Waals surface area contributed by atoms with Gasteiger partial charge in [-0.15, -0.1) is 0 Å². The Bertz CT molecular complexity index is 1090. The summed E-state index contributed by atoms with van der Waals surface area (Å²) in [5, 5.41) is 3.90. The highest BCUT2D eigenvalue weighted by Gasteiger charge is 2.50. The van der Waals surface area contributed by atoms with Crippen LogP contribution in [0.15, 0.2) is 42.5 Å². The van der Waals surface area contributed by atoms with E-state index in [1.807, 2.05) is 26.0 Å². The van der Waals surface area contributed by atoms with Gasteiger partial charge in [0, 0.05) is 35.1 Å². The third kappa shape index (κ3) is 4.13. The molecular formula is C24H29ClN2O3S. The van der Waals surface area contributed by atoms with E-state index >= 15 is 0 Å². The molecule has 4 rings (SSSR count). The highest BCUT2D eigenvalue weighted by atomic mass is 35.5. The lowest BCUT2D eigenvalue weighted by molar-refractivity contribution is 0.0896. The summed E-state index contributed by atoms with van der Waals surface area (Å²) in [6.45, 7) is 4.75. The lowest BCUT2D eigenvalue weighted by Gasteiger charge is -2.43. The third-order valence-electron chi connectivity index (χ3n) is 6.85. The van der Waals surface area contributed by atoms with Gasteiger partial charge in [-0.25, -0.2) is 12.7 Å². The van der Waals surface area contributed by atoms with Crippen LogP contribution in [-0.2, 0) is 21.9 Å². The van der Waals surface area contributed by atoms with E-state index in [2.05, 4.69) is 17.4 Å². The fraction of sp³-hybridized carbons (Fsp3) is 0.458. The van der Waals surface area contributed by atoms with Gasteiger partial charge in [0.2, 0.25) is 10.0 Å². The number of hydrogen-bond donors (Lipinski definition) is 1. The number of hydrogen-bond acceptors (Lipinski definition) is 3. The second-order valence-electron chi connectivity index (χ2n) is 8.72. The van der Waals surface area contributed by atoms with E-state index in [-0.39, 0.29) is 23.1 Å². The number of halogens is 1. The minimum atomic E-state index is -3.22. The Kier molecular flexibility index (Phi) is 6.16. The molecule has 2 aromatic rings. The first-order valence-electron chi connectivity index (χ1n) is 10.9. The number of fused-ring (bicyclic) bond motifs is 2. The molecule has 1 fully saturated rings. The van der Waals surface area contributed by atoms with Crippen molar-refractivity contribution in [1.82, 2.24) is 9.62 Å². The van der Waals surface area contributed by atoms with Crippen molar-refractivity contribution >= 4 is 27.5 Å². The summed E-state index contributed by atoms with van der Waals surface area (Å²) in [6, 6.07) is 13.6. The molecule has 2 aromatic carbocycles. The Morgan fingerprint density at radius 3 is 2.58 bits per heavy atom. The molecule has 2 aliphatic rings. The number of sulfonamides is 1. The van der Waals surface area contributed by atoms with Gasteiger partial charge in [-0.05, 0) is 67.5 Å². The average molecular weight is 461 g/mol. The molecule has 0 aromatic heterocycles. The number of aryl methyl sites for hydroxylation is 1. The molecule has 31 heavy (non-hydrogen) atoms. The van der Waals surface area contributed by atoms with E-state index in [1.54, 1.807) is 22.5 Å². The van der Waals surface area contributed by atoms with Crippen LogP contribution in [0, 0.1) is 6.92 Å². The van der Waals surface area contributed by atoms with E-state index in [4.69, 9.17) is 11.6 Å². The van der Waals surface area contributed by atoms with E-state index in [0.717, 1.165) is 12.0 Å². The highest BCUT2D eigenvalue weighted by Crippen LogP contribution is 2.47. The average Bonchev–Trinajstić information content (AvgIpc) is 3.01. The summed E-state index contributed by atoms with van der Waals surface area (Å²) < 4.78 is 26.8. The Balaban J connectivity index is 1.60. The fourth-order valence-corrected chi connectivity index (χ4v) is 7.00. The van der Waals surface area contributed by atoms with Crippen molar-refractivity contribution in [2.45, 2.75) is 51.0 Å². The molecule has 0 saturated carbocycles. The highest BCUT2D eigenvalue weighted by molar-refractivity contribution is 7.89. The Morgan fingerprint density at radius 2 is 1.90 bits per heavy atom. The van der Waals surface area contributed by atoms with Crippen LogP contribution in [0.3, 0.4) is 0 Å². The topological polar surface area (TPSA) is 66.5 Å². The summed E-state index contributed by atoms with van der Waals surface area (Å²) in [5.41, 5.74) is 3.71. The first kappa shape index (κ1) is 22.3. The molecule has 166 valence electrons. The van der Waals surface area contributed by atoms with Gasteiger partial charge in [0.15, 0.2) is 0 Å². The molecule has 7 heteroatoms. The number of carbonyl (C=O) groups is 1. The molecule has 1 amide bonds. The molecule has 5 nitrogen and oxygen atoms in total. The van der Waals surface area contributed by atoms with Crippen LogP contribution >= 0.6 is 11.6 Å². The van der Waals surface area contributed by atoms with Gasteiger partial charge in [-0.2, -0.15) is 0 Å². The molecule has 1 N–H and O–H groups in total. The SMILES string of the molecule is CCCS(=O)(=O)N1CCC2(CC1)c1ccccc1CC2NC(=O)c1ccc(Cl)cc1C. The van der Waals surface area contributed by atoms with Crippen LogP contribution in [0.2, 0.25) is 5.02 Å². The second kappa shape index (κ2) is 8.57. The molecule has 1 atom stereocenters. The van der Waals surface area contributed by atoms with Gasteiger partial charge in [0.05, 0.1) is 5.75 Å². The zero-order valence-electron chi connectivity index (χ0n) is 18.0. The predicted molar refractivity (Wildman–Crippen MR) is 124 cm³/mol. The third-order valence-corrected chi connectivity index (χ3v) is 9.16. The molecule has 1 heterocycles. The number of nitrogens with zero attached hydrogens (tertiary/aromatic N) is 1. The lowest BCUT2D eigenvalue weighted by Crippen LogP contribution is -2.54. The van der Waals surface area contributed by atoms with Gasteiger partial charge < -0.3 is 5.32 Å². The van der Waals surface area contributed by atoms with Gasteiger partial charge in [0.25, 0.3) is 5.91 Å². The summed E-state index contributed by atoms with van der Waals surface area (Å²) >= 11 is 6.06. The number of benzene rings is 2. The molecule has 1 unspecified atom stereocenters. The summed E-state index contributed by atoms with van der Waals surface area (Å²) in [7, 11) is -3.22. The maximum atomic E-state index is 13.2. The fourth-order valence-electron chi connectivity index (χ4n) is 5.26. The van der Waals surface area contributed by atoms with Crippen molar-refractivity contribution in [3.8, 4) is 0 Å². The minimum Gasteiger partial charge on any atom is -0.348 e. The summed E-state index contributed by atoms with van der Waals surface area (Å²) in [4.78, 5) is 13.2. The van der Waals surface area contributed by atoms with Crippen LogP contribution in [0.1, 0.15) is 53.2 Å². The maximum absolute atomic E-state index is 13.2. The normalized spacial score (nSPS) is 20.5. The molecule has 0 bridgehead atoms. The van der Waals surface area contributed by atoms with Crippen LogP contribution in [0.5, 0.6) is 0 Å². The van der Waals surface area contributed by atoms with E-state index in [9.17, 15) is 13.2 Å². The van der Waals surface area contributed by atoms with E-state index < -0.39 is 10.0 Å². The second-order valence-corrected chi connectivity index (χ2v) is 11.2. The monoisotopic (exact) mass is 460 g/mol. The maximum Gasteiger partial charge on any atom is 0.251 e. The standard InChI is InChI=1S/C24H29ClN2O3S/c1-3-14-31(29,30)27-12-10-24(11-13-27)21-7-5-4-6-18(21)16-22(24)26-23(28)20-9-8-19(25)15-17(20)2/h4-9,15,22H,3,10-14,16H2,1-2H3,(H,26,28). The van der Waals surface area contributed by atoms with E-state index in [1.165, 1.54) is 11.1 Å². The molecular weight excluding hydrogens is 432 g/mol.